The van der Waals surface area contributed by atoms with Gasteiger partial charge in [0.05, 0.1) is 23.9 Å². The van der Waals surface area contributed by atoms with Gasteiger partial charge in [-0.05, 0) is 13.8 Å². The van der Waals surface area contributed by atoms with E-state index < -0.39 is 0 Å². The molecule has 78 valence electrons. The summed E-state index contributed by atoms with van der Waals surface area (Å²) in [5.74, 6) is 1.14. The Labute approximate surface area is 88.8 Å². The standard InChI is InChI=1S/C10H14ClNO2/c1-6(2)14-10-4-7(11)9(13-3)5-8(10)12/h4-6H,12H2,1-3H3. The highest BCUT2D eigenvalue weighted by molar-refractivity contribution is 6.32. The maximum absolute atomic E-state index is 5.92. The zero-order chi connectivity index (χ0) is 10.7. The lowest BCUT2D eigenvalue weighted by atomic mass is 10.2. The minimum absolute atomic E-state index is 0.0711. The van der Waals surface area contributed by atoms with Crippen LogP contribution in [-0.4, -0.2) is 13.2 Å². The van der Waals surface area contributed by atoms with Gasteiger partial charge in [-0.25, -0.2) is 0 Å². The molecule has 4 heteroatoms. The molecular formula is C10H14ClNO2. The first-order valence-corrected chi connectivity index (χ1v) is 4.72. The molecule has 0 saturated heterocycles. The van der Waals surface area contributed by atoms with Gasteiger partial charge in [0.2, 0.25) is 0 Å². The number of nitrogens with two attached hydrogens (primary N) is 1. The van der Waals surface area contributed by atoms with E-state index in [0.29, 0.717) is 22.2 Å². The molecule has 0 atom stereocenters. The lowest BCUT2D eigenvalue weighted by Gasteiger charge is -2.13. The Kier molecular flexibility index (Phi) is 3.47. The monoisotopic (exact) mass is 215 g/mol. The molecule has 0 bridgehead atoms. The number of rotatable bonds is 3. The van der Waals surface area contributed by atoms with Crippen LogP contribution in [-0.2, 0) is 0 Å². The summed E-state index contributed by atoms with van der Waals surface area (Å²) < 4.78 is 10.5. The van der Waals surface area contributed by atoms with Gasteiger partial charge in [-0.1, -0.05) is 11.6 Å². The maximum atomic E-state index is 5.92. The molecule has 1 aromatic rings. The van der Waals surface area contributed by atoms with E-state index in [-0.39, 0.29) is 6.10 Å². The minimum Gasteiger partial charge on any atom is -0.495 e. The Morgan fingerprint density at radius 1 is 1.29 bits per heavy atom. The van der Waals surface area contributed by atoms with Crippen molar-refractivity contribution in [2.45, 2.75) is 20.0 Å². The minimum atomic E-state index is 0.0711. The molecule has 1 rings (SSSR count). The molecule has 0 spiro atoms. The first kappa shape index (κ1) is 11.0. The zero-order valence-electron chi connectivity index (χ0n) is 8.50. The van der Waals surface area contributed by atoms with Crippen LogP contribution in [0.25, 0.3) is 0 Å². The van der Waals surface area contributed by atoms with E-state index in [1.807, 2.05) is 13.8 Å². The van der Waals surface area contributed by atoms with Gasteiger partial charge in [0.1, 0.15) is 11.5 Å². The predicted octanol–water partition coefficient (Wildman–Crippen LogP) is 2.72. The molecule has 0 heterocycles. The predicted molar refractivity (Wildman–Crippen MR) is 58.2 cm³/mol. The summed E-state index contributed by atoms with van der Waals surface area (Å²) in [6.07, 6.45) is 0.0711. The fourth-order valence-corrected chi connectivity index (χ4v) is 1.29. The summed E-state index contributed by atoms with van der Waals surface area (Å²) in [7, 11) is 1.55. The summed E-state index contributed by atoms with van der Waals surface area (Å²) in [4.78, 5) is 0. The molecule has 0 unspecified atom stereocenters. The van der Waals surface area contributed by atoms with Crippen LogP contribution in [0.3, 0.4) is 0 Å². The Morgan fingerprint density at radius 2 is 1.93 bits per heavy atom. The topological polar surface area (TPSA) is 44.5 Å². The van der Waals surface area contributed by atoms with Crippen molar-refractivity contribution in [1.82, 2.24) is 0 Å². The SMILES string of the molecule is COc1cc(N)c(OC(C)C)cc1Cl. The molecule has 0 radical (unpaired) electrons. The number of methoxy groups -OCH3 is 1. The van der Waals surface area contributed by atoms with Crippen molar-refractivity contribution < 1.29 is 9.47 Å². The first-order valence-electron chi connectivity index (χ1n) is 4.34. The molecule has 0 aliphatic heterocycles. The molecule has 0 aliphatic carbocycles. The van der Waals surface area contributed by atoms with E-state index in [1.54, 1.807) is 19.2 Å². The van der Waals surface area contributed by atoms with Crippen LogP contribution < -0.4 is 15.2 Å². The number of halogens is 1. The molecule has 0 amide bonds. The normalized spacial score (nSPS) is 10.4. The van der Waals surface area contributed by atoms with Crippen LogP contribution in [0, 0.1) is 0 Å². The van der Waals surface area contributed by atoms with E-state index in [1.165, 1.54) is 0 Å². The van der Waals surface area contributed by atoms with Crippen molar-refractivity contribution in [1.29, 1.82) is 0 Å². The Balaban J connectivity index is 3.02. The molecule has 0 saturated carbocycles. The highest BCUT2D eigenvalue weighted by Gasteiger charge is 2.08. The van der Waals surface area contributed by atoms with Gasteiger partial charge >= 0.3 is 0 Å². The number of benzene rings is 1. The smallest absolute Gasteiger partial charge is 0.144 e. The van der Waals surface area contributed by atoms with Gasteiger partial charge in [-0.2, -0.15) is 0 Å². The van der Waals surface area contributed by atoms with E-state index >= 15 is 0 Å². The summed E-state index contributed by atoms with van der Waals surface area (Å²) in [6, 6.07) is 3.32. The average Bonchev–Trinajstić information content (AvgIpc) is 2.10. The van der Waals surface area contributed by atoms with Crippen LogP contribution in [0.1, 0.15) is 13.8 Å². The zero-order valence-corrected chi connectivity index (χ0v) is 9.26. The van der Waals surface area contributed by atoms with Gasteiger partial charge in [0, 0.05) is 12.1 Å². The summed E-state index contributed by atoms with van der Waals surface area (Å²) in [6.45, 7) is 3.86. The third kappa shape index (κ3) is 2.45. The number of hydrogen-bond acceptors (Lipinski definition) is 3. The third-order valence-electron chi connectivity index (χ3n) is 1.65. The highest BCUT2D eigenvalue weighted by Crippen LogP contribution is 2.34. The summed E-state index contributed by atoms with van der Waals surface area (Å²) in [5, 5.41) is 0.498. The number of ether oxygens (including phenoxy) is 2. The lowest BCUT2D eigenvalue weighted by Crippen LogP contribution is -2.07. The van der Waals surface area contributed by atoms with E-state index in [9.17, 15) is 0 Å². The second kappa shape index (κ2) is 4.42. The first-order chi connectivity index (χ1) is 6.54. The van der Waals surface area contributed by atoms with Crippen LogP contribution in [0.5, 0.6) is 11.5 Å². The van der Waals surface area contributed by atoms with Crippen molar-refractivity contribution in [3.8, 4) is 11.5 Å². The van der Waals surface area contributed by atoms with Gasteiger partial charge < -0.3 is 15.2 Å². The van der Waals surface area contributed by atoms with Crippen molar-refractivity contribution in [3.05, 3.63) is 17.2 Å². The molecule has 2 N–H and O–H groups in total. The summed E-state index contributed by atoms with van der Waals surface area (Å²) in [5.41, 5.74) is 6.28. The molecule has 1 aromatic carbocycles. The number of hydrogen-bond donors (Lipinski definition) is 1. The number of nitrogen functional groups attached to an aromatic ring is 1. The van der Waals surface area contributed by atoms with E-state index in [4.69, 9.17) is 26.8 Å². The van der Waals surface area contributed by atoms with Crippen molar-refractivity contribution >= 4 is 17.3 Å². The van der Waals surface area contributed by atoms with Gasteiger partial charge in [-0.15, -0.1) is 0 Å². The van der Waals surface area contributed by atoms with Gasteiger partial charge in [0.15, 0.2) is 0 Å². The fourth-order valence-electron chi connectivity index (χ4n) is 1.06. The van der Waals surface area contributed by atoms with Crippen LogP contribution in [0.2, 0.25) is 5.02 Å². The van der Waals surface area contributed by atoms with Gasteiger partial charge in [-0.3, -0.25) is 0 Å². The number of anilines is 1. The van der Waals surface area contributed by atoms with Crippen LogP contribution in [0.15, 0.2) is 12.1 Å². The van der Waals surface area contributed by atoms with Crippen LogP contribution in [0.4, 0.5) is 5.69 Å². The molecule has 0 aliphatic rings. The molecule has 0 fully saturated rings. The second-order valence-electron chi connectivity index (χ2n) is 3.19. The largest absolute Gasteiger partial charge is 0.495 e. The van der Waals surface area contributed by atoms with Crippen molar-refractivity contribution in [2.75, 3.05) is 12.8 Å². The highest BCUT2D eigenvalue weighted by atomic mass is 35.5. The molecule has 14 heavy (non-hydrogen) atoms. The lowest BCUT2D eigenvalue weighted by molar-refractivity contribution is 0.243. The van der Waals surface area contributed by atoms with E-state index in [2.05, 4.69) is 0 Å². The summed E-state index contributed by atoms with van der Waals surface area (Å²) >= 11 is 5.92. The fraction of sp³-hybridized carbons (Fsp3) is 0.400. The quantitative estimate of drug-likeness (QED) is 0.789. The molecule has 3 nitrogen and oxygen atoms in total. The van der Waals surface area contributed by atoms with E-state index in [0.717, 1.165) is 0 Å². The van der Waals surface area contributed by atoms with Crippen LogP contribution >= 0.6 is 11.6 Å². The van der Waals surface area contributed by atoms with Gasteiger partial charge in [0.25, 0.3) is 0 Å². The maximum Gasteiger partial charge on any atom is 0.144 e. The van der Waals surface area contributed by atoms with Crippen molar-refractivity contribution in [3.63, 3.8) is 0 Å². The second-order valence-corrected chi connectivity index (χ2v) is 3.60. The third-order valence-corrected chi connectivity index (χ3v) is 1.94. The molecule has 0 aromatic heterocycles. The van der Waals surface area contributed by atoms with Crippen molar-refractivity contribution in [2.24, 2.45) is 0 Å². The Bertz CT molecular complexity index is 326. The molecular weight excluding hydrogens is 202 g/mol. The Morgan fingerprint density at radius 3 is 2.43 bits per heavy atom. The Hall–Kier alpha value is -1.09. The average molecular weight is 216 g/mol.